The van der Waals surface area contributed by atoms with E-state index >= 15 is 8.78 Å². The molecule has 42 heavy (non-hydrogen) atoms. The predicted octanol–water partition coefficient (Wildman–Crippen LogP) is 3.87. The number of fused-ring (bicyclic) bond motifs is 1. The summed E-state index contributed by atoms with van der Waals surface area (Å²) in [5, 5.41) is 14.2. The summed E-state index contributed by atoms with van der Waals surface area (Å²) in [6, 6.07) is 10.5. The number of carbonyl (C=O) groups excluding carboxylic acids is 1. The van der Waals surface area contributed by atoms with Crippen LogP contribution in [0.15, 0.2) is 62.7 Å². The lowest BCUT2D eigenvalue weighted by Crippen LogP contribution is -2.48. The summed E-state index contributed by atoms with van der Waals surface area (Å²) in [4.78, 5) is 38.5. The number of alkyl halides is 2. The van der Waals surface area contributed by atoms with E-state index in [0.717, 1.165) is 13.1 Å². The van der Waals surface area contributed by atoms with Gasteiger partial charge in [0.25, 0.3) is 11.4 Å². The van der Waals surface area contributed by atoms with Crippen molar-refractivity contribution >= 4 is 40.4 Å². The van der Waals surface area contributed by atoms with Crippen molar-refractivity contribution in [3.8, 4) is 5.75 Å². The van der Waals surface area contributed by atoms with Gasteiger partial charge < -0.3 is 19.1 Å². The second-order valence-corrected chi connectivity index (χ2v) is 12.7. The molecule has 1 saturated heterocycles. The van der Waals surface area contributed by atoms with Crippen LogP contribution in [-0.4, -0.2) is 57.0 Å². The Morgan fingerprint density at radius 3 is 2.57 bits per heavy atom. The maximum atomic E-state index is 16.1. The Labute approximate surface area is 246 Å². The molecule has 3 N–H and O–H groups in total. The van der Waals surface area contributed by atoms with E-state index in [2.05, 4.69) is 21.0 Å². The molecular formula is C26H29BrF2N3O9P. The van der Waals surface area contributed by atoms with Gasteiger partial charge in [0.2, 0.25) is 0 Å². The lowest BCUT2D eigenvalue weighted by Gasteiger charge is -2.28. The first-order chi connectivity index (χ1) is 19.6. The Morgan fingerprint density at radius 1 is 1.21 bits per heavy atom. The van der Waals surface area contributed by atoms with Crippen molar-refractivity contribution in [3.63, 3.8) is 0 Å². The van der Waals surface area contributed by atoms with Crippen LogP contribution in [0.3, 0.4) is 0 Å². The first-order valence-electron chi connectivity index (χ1n) is 12.7. The third-order valence-electron chi connectivity index (χ3n) is 6.37. The number of aliphatic hydroxyl groups is 1. The Balaban J connectivity index is 1.65. The largest absolute Gasteiger partial charge is 0.462 e. The predicted molar refractivity (Wildman–Crippen MR) is 150 cm³/mol. The SMILES string of the molecule is CC(C)OC(=O)[C@H](C)N[P@@](=O)(OC[C@@]1(F)O[C@@H](n2cc(Br)c(=O)[nH]c2=O)[C@](C)(F)[C@@H]1O)Oc1cccc2ccccc12. The minimum absolute atomic E-state index is 0.0482. The summed E-state index contributed by atoms with van der Waals surface area (Å²) >= 11 is 2.90. The summed E-state index contributed by atoms with van der Waals surface area (Å²) in [5.74, 6) is -4.15. The van der Waals surface area contributed by atoms with Crippen molar-refractivity contribution in [1.82, 2.24) is 14.6 Å². The number of aliphatic hydroxyl groups excluding tert-OH is 1. The van der Waals surface area contributed by atoms with E-state index in [9.17, 15) is 24.1 Å². The molecule has 228 valence electrons. The van der Waals surface area contributed by atoms with Gasteiger partial charge in [-0.1, -0.05) is 36.4 Å². The van der Waals surface area contributed by atoms with Crippen molar-refractivity contribution < 1.29 is 41.8 Å². The van der Waals surface area contributed by atoms with E-state index < -0.39 is 67.6 Å². The van der Waals surface area contributed by atoms with Crippen molar-refractivity contribution in [2.24, 2.45) is 0 Å². The van der Waals surface area contributed by atoms with Gasteiger partial charge in [0, 0.05) is 11.6 Å². The average Bonchev–Trinajstić information content (AvgIpc) is 3.09. The van der Waals surface area contributed by atoms with Crippen molar-refractivity contribution in [2.75, 3.05) is 6.61 Å². The van der Waals surface area contributed by atoms with Crippen LogP contribution in [-0.2, 0) is 23.4 Å². The molecule has 3 aromatic rings. The van der Waals surface area contributed by atoms with Gasteiger partial charge in [-0.25, -0.2) is 18.1 Å². The molecule has 0 amide bonds. The molecule has 0 unspecified atom stereocenters. The lowest BCUT2D eigenvalue weighted by atomic mass is 9.97. The molecule has 2 heterocycles. The summed E-state index contributed by atoms with van der Waals surface area (Å²) in [6.07, 6.45) is -4.27. The molecular weight excluding hydrogens is 647 g/mol. The third-order valence-corrected chi connectivity index (χ3v) is 8.54. The summed E-state index contributed by atoms with van der Waals surface area (Å²) in [5.41, 5.74) is -4.91. The maximum absolute atomic E-state index is 16.1. The first kappa shape index (κ1) is 32.0. The van der Waals surface area contributed by atoms with Crippen molar-refractivity contribution in [3.05, 3.63) is 74.0 Å². The van der Waals surface area contributed by atoms with Crippen molar-refractivity contribution in [2.45, 2.75) is 63.7 Å². The molecule has 12 nitrogen and oxygen atoms in total. The fourth-order valence-corrected chi connectivity index (χ4v) is 6.13. The van der Waals surface area contributed by atoms with Crippen LogP contribution < -0.4 is 20.9 Å². The molecule has 6 atom stereocenters. The second kappa shape index (κ2) is 12.0. The molecule has 1 fully saturated rings. The van der Waals surface area contributed by atoms with Gasteiger partial charge in [-0.2, -0.15) is 5.09 Å². The standard InChI is InChI=1S/C26H29BrF2N3O9P/c1-14(2)39-21(34)15(3)31-42(37,41-19-11-7-9-16-8-5-6-10-17(16)19)38-13-26(29)22(35)25(4,28)23(40-26)32-12-18(27)20(33)30-24(32)36/h5-12,14-15,22-23,35H,13H2,1-4H3,(H,31,37)(H,30,33,36)/t15-,22-,23+,25+,26+,42+/m0/s1. The van der Waals surface area contributed by atoms with Crippen LogP contribution >= 0.6 is 23.7 Å². The van der Waals surface area contributed by atoms with E-state index in [4.69, 9.17) is 18.5 Å². The number of ether oxygens (including phenoxy) is 2. The molecule has 0 radical (unpaired) electrons. The number of halogens is 3. The van der Waals surface area contributed by atoms with Crippen LogP contribution in [0.4, 0.5) is 8.78 Å². The van der Waals surface area contributed by atoms with Gasteiger partial charge in [0.05, 0.1) is 10.6 Å². The zero-order valence-electron chi connectivity index (χ0n) is 22.9. The number of aromatic nitrogens is 2. The van der Waals surface area contributed by atoms with Crippen LogP contribution in [0.5, 0.6) is 5.75 Å². The highest BCUT2D eigenvalue weighted by Crippen LogP contribution is 2.52. The molecule has 0 bridgehead atoms. The van der Waals surface area contributed by atoms with Crippen LogP contribution in [0, 0.1) is 0 Å². The zero-order chi connectivity index (χ0) is 31.0. The maximum Gasteiger partial charge on any atom is 0.459 e. The number of esters is 1. The molecule has 2 aromatic carbocycles. The smallest absolute Gasteiger partial charge is 0.459 e. The number of hydrogen-bond donors (Lipinski definition) is 3. The van der Waals surface area contributed by atoms with Gasteiger partial charge in [-0.3, -0.25) is 23.7 Å². The van der Waals surface area contributed by atoms with E-state index in [0.29, 0.717) is 15.3 Å². The molecule has 4 rings (SSSR count). The molecule has 0 spiro atoms. The topological polar surface area (TPSA) is 158 Å². The van der Waals surface area contributed by atoms with Crippen LogP contribution in [0.2, 0.25) is 0 Å². The minimum atomic E-state index is -4.71. The summed E-state index contributed by atoms with van der Waals surface area (Å²) in [7, 11) is -4.71. The molecule has 0 aliphatic carbocycles. The molecule has 1 aliphatic heterocycles. The number of benzene rings is 2. The number of H-pyrrole nitrogens is 1. The molecule has 16 heteroatoms. The Morgan fingerprint density at radius 2 is 1.88 bits per heavy atom. The van der Waals surface area contributed by atoms with Crippen LogP contribution in [0.25, 0.3) is 10.8 Å². The Hall–Kier alpha value is -2.94. The lowest BCUT2D eigenvalue weighted by molar-refractivity contribution is -0.204. The number of aromatic amines is 1. The number of rotatable bonds is 10. The zero-order valence-corrected chi connectivity index (χ0v) is 25.4. The fourth-order valence-electron chi connectivity index (χ4n) is 4.29. The Bertz CT molecular complexity index is 1640. The van der Waals surface area contributed by atoms with Gasteiger partial charge in [-0.15, -0.1) is 0 Å². The monoisotopic (exact) mass is 675 g/mol. The van der Waals surface area contributed by atoms with Gasteiger partial charge in [0.15, 0.2) is 18.0 Å². The number of nitrogens with one attached hydrogen (secondary N) is 2. The quantitative estimate of drug-likeness (QED) is 0.213. The first-order valence-corrected chi connectivity index (χ1v) is 15.0. The highest BCUT2D eigenvalue weighted by molar-refractivity contribution is 9.10. The normalized spacial score (nSPS) is 26.2. The summed E-state index contributed by atoms with van der Waals surface area (Å²) < 4.78 is 67.6. The van der Waals surface area contributed by atoms with E-state index in [-0.39, 0.29) is 10.2 Å². The van der Waals surface area contributed by atoms with Gasteiger partial charge in [-0.05, 0) is 55.1 Å². The molecule has 1 aromatic heterocycles. The number of nitrogens with zero attached hydrogens (tertiary/aromatic N) is 1. The van der Waals surface area contributed by atoms with Gasteiger partial charge >= 0.3 is 19.4 Å². The van der Waals surface area contributed by atoms with E-state index in [1.54, 1.807) is 50.2 Å². The average molecular weight is 676 g/mol. The number of carbonyl (C=O) groups is 1. The number of hydrogen-bond acceptors (Lipinski definition) is 9. The third kappa shape index (κ3) is 6.51. The second-order valence-electron chi connectivity index (χ2n) is 10.1. The minimum Gasteiger partial charge on any atom is -0.462 e. The fraction of sp³-hybridized carbons (Fsp3) is 0.423. The molecule has 0 saturated carbocycles. The van der Waals surface area contributed by atoms with Crippen LogP contribution in [0.1, 0.15) is 33.9 Å². The Kier molecular flexibility index (Phi) is 9.12. The van der Waals surface area contributed by atoms with Crippen molar-refractivity contribution in [1.29, 1.82) is 0 Å². The highest BCUT2D eigenvalue weighted by atomic mass is 79.9. The van der Waals surface area contributed by atoms with E-state index in [1.165, 1.54) is 13.0 Å². The van der Waals surface area contributed by atoms with E-state index in [1.807, 2.05) is 4.98 Å². The molecule has 1 aliphatic rings. The summed E-state index contributed by atoms with van der Waals surface area (Å²) in [6.45, 7) is 3.94. The highest BCUT2D eigenvalue weighted by Gasteiger charge is 2.65. The van der Waals surface area contributed by atoms with Gasteiger partial charge in [0.1, 0.15) is 18.4 Å².